The Morgan fingerprint density at radius 2 is 1.82 bits per heavy atom. The summed E-state index contributed by atoms with van der Waals surface area (Å²) in [5.41, 5.74) is 1.65. The molecule has 0 aliphatic heterocycles. The Balaban J connectivity index is 1.76. The molecule has 4 aromatic rings. The average Bonchev–Trinajstić information content (AvgIpc) is 3.02. The highest BCUT2D eigenvalue weighted by atomic mass is 79.9. The van der Waals surface area contributed by atoms with Gasteiger partial charge in [0.05, 0.1) is 16.8 Å². The monoisotopic (exact) mass is 440 g/mol. The Kier molecular flexibility index (Phi) is 4.56. The van der Waals surface area contributed by atoms with Crippen molar-refractivity contribution in [3.05, 3.63) is 86.5 Å². The summed E-state index contributed by atoms with van der Waals surface area (Å²) in [5.74, 6) is -0.878. The van der Waals surface area contributed by atoms with E-state index in [1.807, 2.05) is 0 Å². The molecule has 2 aromatic heterocycles. The Morgan fingerprint density at radius 1 is 1.14 bits per heavy atom. The summed E-state index contributed by atoms with van der Waals surface area (Å²) in [6.07, 6.45) is 1.36. The van der Waals surface area contributed by atoms with Crippen molar-refractivity contribution in [2.45, 2.75) is 6.92 Å². The van der Waals surface area contributed by atoms with Gasteiger partial charge in [0.2, 0.25) is 5.43 Å². The molecule has 0 atom stereocenters. The number of aryl methyl sites for hydroxylation is 1. The molecular weight excluding hydrogens is 427 g/mol. The number of rotatable bonds is 3. The third kappa shape index (κ3) is 3.22. The van der Waals surface area contributed by atoms with Crippen molar-refractivity contribution in [2.75, 3.05) is 5.32 Å². The van der Waals surface area contributed by atoms with E-state index in [2.05, 4.69) is 31.3 Å². The average molecular weight is 441 g/mol. The van der Waals surface area contributed by atoms with Gasteiger partial charge >= 0.3 is 0 Å². The van der Waals surface area contributed by atoms with E-state index in [0.29, 0.717) is 28.1 Å². The lowest BCUT2D eigenvalue weighted by molar-refractivity contribution is 0.102. The molecule has 0 radical (unpaired) electrons. The van der Waals surface area contributed by atoms with E-state index in [0.717, 1.165) is 4.47 Å². The summed E-state index contributed by atoms with van der Waals surface area (Å²) in [7, 11) is 0. The summed E-state index contributed by atoms with van der Waals surface area (Å²) in [6, 6.07) is 12.8. The second-order valence-electron chi connectivity index (χ2n) is 6.19. The zero-order valence-electron chi connectivity index (χ0n) is 14.7. The first-order valence-electron chi connectivity index (χ1n) is 8.38. The van der Waals surface area contributed by atoms with Crippen LogP contribution < -0.4 is 10.7 Å². The number of fused-ring (bicyclic) bond motifs is 1. The van der Waals surface area contributed by atoms with E-state index in [9.17, 15) is 14.0 Å². The van der Waals surface area contributed by atoms with E-state index in [4.69, 9.17) is 0 Å². The van der Waals surface area contributed by atoms with Crippen molar-refractivity contribution in [3.63, 3.8) is 0 Å². The number of anilines is 1. The Hall–Kier alpha value is -3.26. The van der Waals surface area contributed by atoms with E-state index in [1.54, 1.807) is 43.3 Å². The molecule has 2 heterocycles. The zero-order chi connectivity index (χ0) is 19.8. The van der Waals surface area contributed by atoms with Gasteiger partial charge in [-0.05, 0) is 55.5 Å². The highest BCUT2D eigenvalue weighted by Crippen LogP contribution is 2.19. The van der Waals surface area contributed by atoms with Gasteiger partial charge in [0.25, 0.3) is 5.91 Å². The number of aromatic nitrogens is 3. The number of carbonyl (C=O) groups excluding carboxylic acids is 1. The highest BCUT2D eigenvalue weighted by Gasteiger charge is 2.19. The number of nitrogens with one attached hydrogen (secondary N) is 2. The van der Waals surface area contributed by atoms with E-state index >= 15 is 0 Å². The maximum absolute atomic E-state index is 13.2. The van der Waals surface area contributed by atoms with Gasteiger partial charge < -0.3 is 10.3 Å². The number of pyridine rings is 1. The lowest BCUT2D eigenvalue weighted by atomic mass is 10.1. The predicted molar refractivity (Wildman–Crippen MR) is 108 cm³/mol. The fourth-order valence-corrected chi connectivity index (χ4v) is 3.21. The zero-order valence-corrected chi connectivity index (χ0v) is 16.2. The number of hydrogen-bond donors (Lipinski definition) is 2. The molecule has 28 heavy (non-hydrogen) atoms. The largest absolute Gasteiger partial charge is 0.345 e. The van der Waals surface area contributed by atoms with E-state index in [1.165, 1.54) is 23.0 Å². The summed E-state index contributed by atoms with van der Waals surface area (Å²) in [6.45, 7) is 1.69. The molecule has 0 unspecified atom stereocenters. The molecule has 0 aliphatic carbocycles. The lowest BCUT2D eigenvalue weighted by Gasteiger charge is -2.06. The van der Waals surface area contributed by atoms with Crippen LogP contribution in [0.25, 0.3) is 16.7 Å². The number of H-pyrrole nitrogens is 1. The predicted octanol–water partition coefficient (Wildman–Crippen LogP) is 4.18. The number of carbonyl (C=O) groups is 1. The van der Waals surface area contributed by atoms with Crippen LogP contribution in [0.3, 0.4) is 0 Å². The van der Waals surface area contributed by atoms with Crippen molar-refractivity contribution < 1.29 is 9.18 Å². The van der Waals surface area contributed by atoms with Crippen LogP contribution in [0.2, 0.25) is 0 Å². The summed E-state index contributed by atoms with van der Waals surface area (Å²) < 4.78 is 15.6. The molecule has 0 fully saturated rings. The van der Waals surface area contributed by atoms with E-state index in [-0.39, 0.29) is 11.4 Å². The topological polar surface area (TPSA) is 79.8 Å². The number of benzene rings is 2. The van der Waals surface area contributed by atoms with Gasteiger partial charge in [-0.1, -0.05) is 15.9 Å². The van der Waals surface area contributed by atoms with Crippen LogP contribution in [0.1, 0.15) is 16.1 Å². The second-order valence-corrected chi connectivity index (χ2v) is 7.11. The molecule has 2 N–H and O–H groups in total. The first kappa shape index (κ1) is 18.1. The molecule has 140 valence electrons. The molecular formula is C20H14BrFN4O2. The standard InChI is InChI=1S/C20H14BrFN4O2/c1-11-17-18(27)16(20(28)24-14-6-2-12(21)3-7-14)10-23-19(17)26(25-11)15-8-4-13(22)5-9-15/h2-10H,1H3,(H,23,27)(H,24,28). The maximum Gasteiger partial charge on any atom is 0.261 e. The molecule has 0 saturated heterocycles. The Labute approximate surface area is 167 Å². The minimum Gasteiger partial charge on any atom is -0.345 e. The van der Waals surface area contributed by atoms with Crippen molar-refractivity contribution in [3.8, 4) is 5.69 Å². The third-order valence-electron chi connectivity index (χ3n) is 4.30. The SMILES string of the molecule is Cc1nn(-c2ccc(F)cc2)c2[nH]cc(C(=O)Nc3ccc(Br)cc3)c(=O)c12. The van der Waals surface area contributed by atoms with Crippen LogP contribution >= 0.6 is 15.9 Å². The van der Waals surface area contributed by atoms with Crippen LogP contribution in [0.5, 0.6) is 0 Å². The molecule has 0 bridgehead atoms. The lowest BCUT2D eigenvalue weighted by Crippen LogP contribution is -2.22. The Bertz CT molecular complexity index is 1240. The first-order chi connectivity index (χ1) is 13.4. The van der Waals surface area contributed by atoms with Gasteiger partial charge in [-0.15, -0.1) is 0 Å². The van der Waals surface area contributed by atoms with Crippen LogP contribution in [0.15, 0.2) is 64.0 Å². The van der Waals surface area contributed by atoms with Gasteiger partial charge in [0, 0.05) is 16.4 Å². The van der Waals surface area contributed by atoms with E-state index < -0.39 is 11.3 Å². The van der Waals surface area contributed by atoms with Crippen LogP contribution in [0, 0.1) is 12.7 Å². The molecule has 4 rings (SSSR count). The van der Waals surface area contributed by atoms with Crippen molar-refractivity contribution >= 4 is 38.6 Å². The second kappa shape index (κ2) is 7.05. The van der Waals surface area contributed by atoms with Gasteiger partial charge in [-0.3, -0.25) is 9.59 Å². The smallest absolute Gasteiger partial charge is 0.261 e. The summed E-state index contributed by atoms with van der Waals surface area (Å²) in [5, 5.41) is 7.39. The van der Waals surface area contributed by atoms with Gasteiger partial charge in [0.1, 0.15) is 17.0 Å². The van der Waals surface area contributed by atoms with Crippen molar-refractivity contribution in [2.24, 2.45) is 0 Å². The molecule has 0 aliphatic rings. The molecule has 0 spiro atoms. The number of halogens is 2. The number of amides is 1. The fraction of sp³-hybridized carbons (Fsp3) is 0.0500. The minimum absolute atomic E-state index is 0.0165. The molecule has 6 nitrogen and oxygen atoms in total. The fourth-order valence-electron chi connectivity index (χ4n) is 2.94. The van der Waals surface area contributed by atoms with Gasteiger partial charge in [-0.2, -0.15) is 5.10 Å². The summed E-state index contributed by atoms with van der Waals surface area (Å²) >= 11 is 3.33. The molecule has 2 aromatic carbocycles. The number of aromatic amines is 1. The molecule has 8 heteroatoms. The van der Waals surface area contributed by atoms with Gasteiger partial charge in [0.15, 0.2) is 0 Å². The van der Waals surface area contributed by atoms with Crippen LogP contribution in [0.4, 0.5) is 10.1 Å². The van der Waals surface area contributed by atoms with Crippen LogP contribution in [-0.4, -0.2) is 20.7 Å². The number of nitrogens with zero attached hydrogens (tertiary/aromatic N) is 2. The molecule has 1 amide bonds. The highest BCUT2D eigenvalue weighted by molar-refractivity contribution is 9.10. The first-order valence-corrected chi connectivity index (χ1v) is 9.17. The van der Waals surface area contributed by atoms with Crippen LogP contribution in [-0.2, 0) is 0 Å². The quantitative estimate of drug-likeness (QED) is 0.501. The Morgan fingerprint density at radius 3 is 2.50 bits per heavy atom. The maximum atomic E-state index is 13.2. The third-order valence-corrected chi connectivity index (χ3v) is 4.83. The number of hydrogen-bond acceptors (Lipinski definition) is 3. The summed E-state index contributed by atoms with van der Waals surface area (Å²) in [4.78, 5) is 28.5. The minimum atomic E-state index is -0.514. The van der Waals surface area contributed by atoms with Gasteiger partial charge in [-0.25, -0.2) is 9.07 Å². The normalized spacial score (nSPS) is 11.0. The molecule has 0 saturated carbocycles. The van der Waals surface area contributed by atoms with Crippen molar-refractivity contribution in [1.29, 1.82) is 0 Å². The van der Waals surface area contributed by atoms with Crippen molar-refractivity contribution in [1.82, 2.24) is 14.8 Å².